The molecule has 2 fully saturated rings. The molecule has 0 radical (unpaired) electrons. The Morgan fingerprint density at radius 1 is 1.24 bits per heavy atom. The van der Waals surface area contributed by atoms with Gasteiger partial charge in [0.05, 0.1) is 11.6 Å². The van der Waals surface area contributed by atoms with Gasteiger partial charge in [0.25, 0.3) is 5.91 Å². The van der Waals surface area contributed by atoms with Crippen molar-refractivity contribution in [2.75, 3.05) is 20.1 Å². The third-order valence-corrected chi connectivity index (χ3v) is 7.15. The van der Waals surface area contributed by atoms with Crippen molar-refractivity contribution < 1.29 is 9.90 Å². The molecule has 152 valence electrons. The second-order valence-corrected chi connectivity index (χ2v) is 9.07. The Bertz CT molecular complexity index is 927. The van der Waals surface area contributed by atoms with Crippen molar-refractivity contribution in [1.82, 2.24) is 9.80 Å². The second kappa shape index (κ2) is 6.85. The first kappa shape index (κ1) is 18.6. The molecular weight excluding hydrogens is 362 g/mol. The van der Waals surface area contributed by atoms with Crippen molar-refractivity contribution in [3.63, 3.8) is 0 Å². The highest BCUT2D eigenvalue weighted by molar-refractivity contribution is 5.94. The Balaban J connectivity index is 1.56. The molecule has 1 heterocycles. The van der Waals surface area contributed by atoms with Gasteiger partial charge < -0.3 is 15.7 Å². The van der Waals surface area contributed by atoms with Gasteiger partial charge in [-0.25, -0.2) is 0 Å². The van der Waals surface area contributed by atoms with E-state index in [9.17, 15) is 9.90 Å². The highest BCUT2D eigenvalue weighted by Crippen LogP contribution is 2.46. The molecule has 29 heavy (non-hydrogen) atoms. The van der Waals surface area contributed by atoms with Gasteiger partial charge in [0, 0.05) is 31.7 Å². The number of likely N-dealkylation sites (N-methyl/N-ethyl adjacent to an activating group) is 1. The summed E-state index contributed by atoms with van der Waals surface area (Å²) in [7, 11) is 1.89. The number of phenolic OH excluding ortho intramolecular Hbond substituents is 1. The zero-order valence-corrected chi connectivity index (χ0v) is 16.9. The van der Waals surface area contributed by atoms with Crippen LogP contribution in [0.15, 0.2) is 48.5 Å². The zero-order chi connectivity index (χ0) is 20.2. The lowest BCUT2D eigenvalue weighted by atomic mass is 9.66. The predicted molar refractivity (Wildman–Crippen MR) is 113 cm³/mol. The quantitative estimate of drug-likeness (QED) is 0.841. The number of amides is 1. The molecule has 1 amide bonds. The van der Waals surface area contributed by atoms with Crippen LogP contribution in [-0.4, -0.2) is 53.0 Å². The fourth-order valence-electron chi connectivity index (χ4n) is 5.49. The number of nitrogens with two attached hydrogens (primary N) is 1. The third kappa shape index (κ3) is 3.13. The van der Waals surface area contributed by atoms with Crippen LogP contribution in [0.3, 0.4) is 0 Å². The minimum Gasteiger partial charge on any atom is -0.508 e. The van der Waals surface area contributed by atoms with Gasteiger partial charge in [0.2, 0.25) is 0 Å². The highest BCUT2D eigenvalue weighted by Gasteiger charge is 2.54. The number of nitrogens with zero attached hydrogens (tertiary/aromatic N) is 2. The van der Waals surface area contributed by atoms with E-state index < -0.39 is 5.54 Å². The number of rotatable bonds is 4. The van der Waals surface area contributed by atoms with Crippen LogP contribution < -0.4 is 5.73 Å². The maximum absolute atomic E-state index is 13.3. The third-order valence-electron chi connectivity index (χ3n) is 7.15. The molecule has 2 aromatic rings. The highest BCUT2D eigenvalue weighted by atomic mass is 16.3. The largest absolute Gasteiger partial charge is 0.508 e. The van der Waals surface area contributed by atoms with Gasteiger partial charge in [-0.15, -0.1) is 0 Å². The molecule has 3 N–H and O–H groups in total. The van der Waals surface area contributed by atoms with Crippen LogP contribution in [0.1, 0.15) is 40.7 Å². The van der Waals surface area contributed by atoms with E-state index in [0.29, 0.717) is 5.56 Å². The average molecular weight is 392 g/mol. The summed E-state index contributed by atoms with van der Waals surface area (Å²) in [6, 6.07) is 15.1. The second-order valence-electron chi connectivity index (χ2n) is 9.07. The van der Waals surface area contributed by atoms with Gasteiger partial charge in [-0.05, 0) is 67.0 Å². The average Bonchev–Trinajstić information content (AvgIpc) is 3.55. The van der Waals surface area contributed by atoms with Crippen LogP contribution in [0, 0.1) is 5.92 Å². The minimum atomic E-state index is -0.657. The molecule has 2 aliphatic carbocycles. The summed E-state index contributed by atoms with van der Waals surface area (Å²) >= 11 is 0. The van der Waals surface area contributed by atoms with Crippen molar-refractivity contribution in [2.45, 2.75) is 43.3 Å². The normalized spacial score (nSPS) is 28.6. The summed E-state index contributed by atoms with van der Waals surface area (Å²) in [5.41, 5.74) is 9.35. The van der Waals surface area contributed by atoms with Gasteiger partial charge in [-0.2, -0.15) is 0 Å². The summed E-state index contributed by atoms with van der Waals surface area (Å²) in [5, 5.41) is 10.1. The number of likely N-dealkylation sites (tertiary alicyclic amines) is 1. The Labute approximate surface area is 172 Å². The van der Waals surface area contributed by atoms with Crippen molar-refractivity contribution in [3.8, 4) is 5.75 Å². The first-order valence-corrected chi connectivity index (χ1v) is 10.6. The van der Waals surface area contributed by atoms with Gasteiger partial charge in [0.15, 0.2) is 0 Å². The molecule has 2 bridgehead atoms. The van der Waals surface area contributed by atoms with Crippen LogP contribution in [0.5, 0.6) is 5.75 Å². The number of hydrogen-bond donors (Lipinski definition) is 2. The molecule has 1 saturated heterocycles. The van der Waals surface area contributed by atoms with E-state index in [-0.39, 0.29) is 23.7 Å². The summed E-state index contributed by atoms with van der Waals surface area (Å²) in [4.78, 5) is 17.8. The molecule has 1 saturated carbocycles. The van der Waals surface area contributed by atoms with Crippen molar-refractivity contribution in [3.05, 3.63) is 65.2 Å². The first-order chi connectivity index (χ1) is 14.0. The molecule has 0 unspecified atom stereocenters. The molecule has 3 atom stereocenters. The fraction of sp³-hybridized carbons (Fsp3) is 0.458. The number of aromatic hydroxyl groups is 1. The van der Waals surface area contributed by atoms with Crippen LogP contribution in [0.2, 0.25) is 0 Å². The molecule has 5 nitrogen and oxygen atoms in total. The van der Waals surface area contributed by atoms with E-state index in [2.05, 4.69) is 4.90 Å². The molecule has 3 aliphatic rings. The van der Waals surface area contributed by atoms with E-state index in [4.69, 9.17) is 5.73 Å². The summed E-state index contributed by atoms with van der Waals surface area (Å²) < 4.78 is 0. The number of carbonyl (C=O) groups is 1. The van der Waals surface area contributed by atoms with Gasteiger partial charge in [-0.1, -0.05) is 24.3 Å². The van der Waals surface area contributed by atoms with Gasteiger partial charge >= 0.3 is 0 Å². The standard InChI is InChI=1S/C24H29N3O2/c1-26(23(29)17-5-3-2-4-6-17)22-21-13-18-9-10-19(28)14-20(18)24(22,25)11-12-27(21)15-16-7-8-16/h2-6,9-10,14,16,21-22,28H,7-8,11-13,15,25H2,1H3/t21-,22-,24+/m1/s1. The van der Waals surface area contributed by atoms with Crippen LogP contribution in [0.25, 0.3) is 0 Å². The van der Waals surface area contributed by atoms with Crippen LogP contribution >= 0.6 is 0 Å². The molecule has 0 aromatic heterocycles. The van der Waals surface area contributed by atoms with Crippen LogP contribution in [-0.2, 0) is 12.0 Å². The minimum absolute atomic E-state index is 0.00676. The summed E-state index contributed by atoms with van der Waals surface area (Å²) in [6.45, 7) is 2.04. The van der Waals surface area contributed by atoms with Crippen LogP contribution in [0.4, 0.5) is 0 Å². The van der Waals surface area contributed by atoms with E-state index in [0.717, 1.165) is 37.4 Å². The van der Waals surface area contributed by atoms with E-state index in [1.54, 1.807) is 6.07 Å². The number of piperidine rings is 1. The topological polar surface area (TPSA) is 69.8 Å². The zero-order valence-electron chi connectivity index (χ0n) is 16.9. The van der Waals surface area contributed by atoms with Crippen molar-refractivity contribution >= 4 is 5.91 Å². The number of fused-ring (bicyclic) bond motifs is 4. The maximum atomic E-state index is 13.3. The van der Waals surface area contributed by atoms with E-state index in [1.807, 2.05) is 54.4 Å². The Kier molecular flexibility index (Phi) is 4.41. The number of hydrogen-bond acceptors (Lipinski definition) is 4. The first-order valence-electron chi connectivity index (χ1n) is 10.6. The number of phenols is 1. The molecule has 1 aliphatic heterocycles. The predicted octanol–water partition coefficient (Wildman–Crippen LogP) is 2.73. The monoisotopic (exact) mass is 391 g/mol. The number of carbonyl (C=O) groups excluding carboxylic acids is 1. The van der Waals surface area contributed by atoms with Crippen molar-refractivity contribution in [2.24, 2.45) is 11.7 Å². The lowest BCUT2D eigenvalue weighted by Gasteiger charge is -2.57. The summed E-state index contributed by atoms with van der Waals surface area (Å²) in [5.74, 6) is 1.03. The molecule has 5 heteroatoms. The Morgan fingerprint density at radius 3 is 2.72 bits per heavy atom. The molecular formula is C24H29N3O2. The lowest BCUT2D eigenvalue weighted by molar-refractivity contribution is -0.0115. The van der Waals surface area contributed by atoms with Gasteiger partial charge in [-0.3, -0.25) is 9.69 Å². The van der Waals surface area contributed by atoms with E-state index >= 15 is 0 Å². The fourth-order valence-corrected chi connectivity index (χ4v) is 5.49. The number of benzene rings is 2. The lowest BCUT2D eigenvalue weighted by Crippen LogP contribution is -2.72. The molecule has 5 rings (SSSR count). The maximum Gasteiger partial charge on any atom is 0.253 e. The van der Waals surface area contributed by atoms with E-state index in [1.165, 1.54) is 18.4 Å². The summed E-state index contributed by atoms with van der Waals surface area (Å²) in [6.07, 6.45) is 4.26. The molecule has 0 spiro atoms. The Hall–Kier alpha value is -2.37. The SMILES string of the molecule is CN(C(=O)c1ccccc1)[C@@H]1[C@H]2Cc3ccc(O)cc3[C@@]1(N)CCN2CC1CC1. The van der Waals surface area contributed by atoms with Crippen molar-refractivity contribution in [1.29, 1.82) is 0 Å². The molecule has 2 aromatic carbocycles. The Morgan fingerprint density at radius 2 is 2.00 bits per heavy atom. The van der Waals surface area contributed by atoms with Gasteiger partial charge in [0.1, 0.15) is 5.75 Å². The smallest absolute Gasteiger partial charge is 0.253 e.